The first-order chi connectivity index (χ1) is 9.20. The maximum Gasteiger partial charge on any atom is 0.416 e. The summed E-state index contributed by atoms with van der Waals surface area (Å²) < 4.78 is 51.7. The molecule has 110 valence electrons. The van der Waals surface area contributed by atoms with E-state index >= 15 is 0 Å². The van der Waals surface area contributed by atoms with Crippen LogP contribution < -0.4 is 5.73 Å². The first kappa shape index (κ1) is 14.6. The van der Waals surface area contributed by atoms with Crippen LogP contribution in [0.1, 0.15) is 31.0 Å². The molecule has 1 unspecified atom stereocenters. The van der Waals surface area contributed by atoms with Gasteiger partial charge in [0, 0.05) is 6.04 Å². The molecule has 1 aromatic rings. The van der Waals surface area contributed by atoms with Crippen LogP contribution in [-0.2, 0) is 6.18 Å². The number of hydrogen-bond donors (Lipinski definition) is 1. The molecule has 0 fully saturated rings. The van der Waals surface area contributed by atoms with Gasteiger partial charge < -0.3 is 10.6 Å². The Kier molecular flexibility index (Phi) is 3.62. The van der Waals surface area contributed by atoms with Crippen LogP contribution in [0, 0.1) is 5.82 Å². The summed E-state index contributed by atoms with van der Waals surface area (Å²) in [6.07, 6.45) is -4.58. The normalized spacial score (nSPS) is 19.6. The van der Waals surface area contributed by atoms with Gasteiger partial charge in [-0.1, -0.05) is 0 Å². The highest BCUT2D eigenvalue weighted by molar-refractivity contribution is 5.80. The number of hydrogen-bond acceptors (Lipinski definition) is 3. The lowest BCUT2D eigenvalue weighted by molar-refractivity contribution is -0.137. The summed E-state index contributed by atoms with van der Waals surface area (Å²) in [5.41, 5.74) is 4.96. The van der Waals surface area contributed by atoms with Crippen molar-refractivity contribution in [1.29, 1.82) is 0 Å². The third kappa shape index (κ3) is 2.71. The zero-order chi connectivity index (χ0) is 15.1. The molecule has 20 heavy (non-hydrogen) atoms. The highest BCUT2D eigenvalue weighted by Gasteiger charge is 2.34. The van der Waals surface area contributed by atoms with Crippen molar-refractivity contribution in [2.24, 2.45) is 10.7 Å². The Labute approximate surface area is 114 Å². The molecule has 1 heterocycles. The van der Waals surface area contributed by atoms with E-state index in [1.807, 2.05) is 13.8 Å². The van der Waals surface area contributed by atoms with Crippen molar-refractivity contribution in [3.63, 3.8) is 0 Å². The first-order valence-electron chi connectivity index (χ1n) is 6.16. The maximum atomic E-state index is 13.4. The van der Waals surface area contributed by atoms with E-state index < -0.39 is 23.6 Å². The van der Waals surface area contributed by atoms with Gasteiger partial charge in [-0.15, -0.1) is 0 Å². The van der Waals surface area contributed by atoms with Crippen LogP contribution in [0.3, 0.4) is 0 Å². The van der Waals surface area contributed by atoms with Gasteiger partial charge in [-0.25, -0.2) is 4.39 Å². The van der Waals surface area contributed by atoms with Gasteiger partial charge in [-0.05, 0) is 37.6 Å². The Bertz CT molecular complexity index is 537. The molecule has 1 atom stereocenters. The van der Waals surface area contributed by atoms with E-state index in [0.29, 0.717) is 6.07 Å². The molecule has 0 saturated heterocycles. The molecule has 3 nitrogen and oxygen atoms in total. The van der Waals surface area contributed by atoms with E-state index in [4.69, 9.17) is 5.73 Å². The minimum Gasteiger partial charge on any atom is -0.370 e. The largest absolute Gasteiger partial charge is 0.416 e. The van der Waals surface area contributed by atoms with E-state index in [1.165, 1.54) is 0 Å². The zero-order valence-corrected chi connectivity index (χ0v) is 11.1. The Morgan fingerprint density at radius 3 is 2.50 bits per heavy atom. The van der Waals surface area contributed by atoms with Gasteiger partial charge in [-0.3, -0.25) is 4.99 Å². The number of guanidine groups is 1. The fourth-order valence-electron chi connectivity index (χ4n) is 2.37. The van der Waals surface area contributed by atoms with Crippen LogP contribution in [-0.4, -0.2) is 23.4 Å². The summed E-state index contributed by atoms with van der Waals surface area (Å²) in [6.45, 7) is 3.93. The topological polar surface area (TPSA) is 41.6 Å². The highest BCUT2D eigenvalue weighted by Crippen LogP contribution is 2.34. The second kappa shape index (κ2) is 4.96. The predicted octanol–water partition coefficient (Wildman–Crippen LogP) is 2.92. The third-order valence-corrected chi connectivity index (χ3v) is 3.22. The van der Waals surface area contributed by atoms with E-state index in [0.717, 1.165) is 12.1 Å². The first-order valence-corrected chi connectivity index (χ1v) is 6.16. The molecule has 1 aromatic carbocycles. The number of benzene rings is 1. The Morgan fingerprint density at radius 2 is 1.95 bits per heavy atom. The fraction of sp³-hybridized carbons (Fsp3) is 0.462. The second-order valence-corrected chi connectivity index (χ2v) is 4.99. The molecule has 1 aliphatic rings. The van der Waals surface area contributed by atoms with Crippen LogP contribution in [0.25, 0.3) is 0 Å². The Hall–Kier alpha value is -1.79. The van der Waals surface area contributed by atoms with Crippen LogP contribution in [0.4, 0.5) is 17.6 Å². The highest BCUT2D eigenvalue weighted by atomic mass is 19.4. The molecule has 0 spiro atoms. The lowest BCUT2D eigenvalue weighted by atomic mass is 10.0. The van der Waals surface area contributed by atoms with Gasteiger partial charge >= 0.3 is 6.18 Å². The second-order valence-electron chi connectivity index (χ2n) is 4.99. The molecule has 7 heteroatoms. The van der Waals surface area contributed by atoms with Crippen LogP contribution >= 0.6 is 0 Å². The van der Waals surface area contributed by atoms with Gasteiger partial charge in [0.1, 0.15) is 5.82 Å². The van der Waals surface area contributed by atoms with E-state index in [9.17, 15) is 17.6 Å². The van der Waals surface area contributed by atoms with E-state index in [2.05, 4.69) is 4.99 Å². The van der Waals surface area contributed by atoms with Crippen molar-refractivity contribution >= 4 is 5.96 Å². The molecule has 2 N–H and O–H groups in total. The van der Waals surface area contributed by atoms with Crippen molar-refractivity contribution < 1.29 is 17.6 Å². The average Bonchev–Trinajstić information content (AvgIpc) is 2.69. The van der Waals surface area contributed by atoms with Crippen LogP contribution in [0.2, 0.25) is 0 Å². The molecule has 0 bridgehead atoms. The van der Waals surface area contributed by atoms with Crippen LogP contribution in [0.5, 0.6) is 0 Å². The minimum atomic E-state index is -4.58. The molecule has 0 aliphatic carbocycles. The smallest absolute Gasteiger partial charge is 0.370 e. The molecule has 0 amide bonds. The summed E-state index contributed by atoms with van der Waals surface area (Å²) in [5, 5.41) is 0. The predicted molar refractivity (Wildman–Crippen MR) is 67.6 cm³/mol. The molecular formula is C13H15F4N3. The van der Waals surface area contributed by atoms with Crippen molar-refractivity contribution in [1.82, 2.24) is 4.90 Å². The number of nitrogens with two attached hydrogens (primary N) is 1. The molecular weight excluding hydrogens is 274 g/mol. The van der Waals surface area contributed by atoms with Gasteiger partial charge in [0.25, 0.3) is 0 Å². The Morgan fingerprint density at radius 1 is 1.30 bits per heavy atom. The van der Waals surface area contributed by atoms with E-state index in [1.54, 1.807) is 4.90 Å². The van der Waals surface area contributed by atoms with Gasteiger partial charge in [0.15, 0.2) is 5.96 Å². The summed E-state index contributed by atoms with van der Waals surface area (Å²) in [5.74, 6) is -0.646. The van der Waals surface area contributed by atoms with Gasteiger partial charge in [-0.2, -0.15) is 13.2 Å². The lowest BCUT2D eigenvalue weighted by Gasteiger charge is -2.30. The monoisotopic (exact) mass is 289 g/mol. The zero-order valence-electron chi connectivity index (χ0n) is 11.1. The number of halogens is 4. The minimum absolute atomic E-state index is 0.0381. The molecule has 1 aliphatic heterocycles. The summed E-state index contributed by atoms with van der Waals surface area (Å²) in [6, 6.07) is 2.04. The summed E-state index contributed by atoms with van der Waals surface area (Å²) in [4.78, 5) is 5.72. The summed E-state index contributed by atoms with van der Waals surface area (Å²) in [7, 11) is 0. The Balaban J connectivity index is 2.41. The maximum absolute atomic E-state index is 13.4. The van der Waals surface area contributed by atoms with E-state index in [-0.39, 0.29) is 24.1 Å². The number of aliphatic imine (C=N–C) groups is 1. The number of alkyl halides is 3. The van der Waals surface area contributed by atoms with Crippen molar-refractivity contribution in [3.05, 3.63) is 35.1 Å². The average molecular weight is 289 g/mol. The fourth-order valence-corrected chi connectivity index (χ4v) is 2.37. The van der Waals surface area contributed by atoms with Crippen LogP contribution in [0.15, 0.2) is 23.2 Å². The summed E-state index contributed by atoms with van der Waals surface area (Å²) >= 11 is 0. The molecule has 0 aromatic heterocycles. The number of rotatable bonds is 2. The van der Waals surface area contributed by atoms with Crippen molar-refractivity contribution in [2.75, 3.05) is 6.54 Å². The molecule has 2 rings (SSSR count). The third-order valence-electron chi connectivity index (χ3n) is 3.22. The standard InChI is InChI=1S/C13H15F4N3/c1-7(2)20-11(6-19-12(20)18)8-3-9(13(15,16)17)5-10(14)4-8/h3-5,7,11H,6H2,1-2H3,(H2,18,19). The van der Waals surface area contributed by atoms with Crippen molar-refractivity contribution in [2.45, 2.75) is 32.1 Å². The molecule has 0 radical (unpaired) electrons. The van der Waals surface area contributed by atoms with Gasteiger partial charge in [0.05, 0.1) is 18.2 Å². The quantitative estimate of drug-likeness (QED) is 0.851. The van der Waals surface area contributed by atoms with Gasteiger partial charge in [0.2, 0.25) is 0 Å². The SMILES string of the molecule is CC(C)N1C(N)=NCC1c1cc(F)cc(C(F)(F)F)c1. The number of nitrogens with zero attached hydrogens (tertiary/aromatic N) is 2. The molecule has 0 saturated carbocycles. The lowest BCUT2D eigenvalue weighted by Crippen LogP contribution is -2.41. The van der Waals surface area contributed by atoms with Crippen molar-refractivity contribution in [3.8, 4) is 0 Å².